The molecule has 0 aliphatic carbocycles. The average molecular weight is 250 g/mol. The lowest BCUT2D eigenvalue weighted by Crippen LogP contribution is -2.10. The Bertz CT molecular complexity index is 612. The van der Waals surface area contributed by atoms with Crippen LogP contribution in [-0.2, 0) is 20.7 Å². The topological polar surface area (TPSA) is 43.4 Å². The van der Waals surface area contributed by atoms with Gasteiger partial charge in [0.05, 0.1) is 12.9 Å². The van der Waals surface area contributed by atoms with E-state index < -0.39 is 10.1 Å². The van der Waals surface area contributed by atoms with E-state index in [2.05, 4.69) is 4.18 Å². The van der Waals surface area contributed by atoms with Gasteiger partial charge < -0.3 is 0 Å². The van der Waals surface area contributed by atoms with Crippen molar-refractivity contribution >= 4 is 20.9 Å². The molecular formula is C13H14O3S. The van der Waals surface area contributed by atoms with Crippen LogP contribution in [-0.4, -0.2) is 21.3 Å². The van der Waals surface area contributed by atoms with E-state index in [1.54, 1.807) is 0 Å². The summed E-state index contributed by atoms with van der Waals surface area (Å²) in [5, 5.41) is 2.22. The van der Waals surface area contributed by atoms with Crippen molar-refractivity contribution in [3.05, 3.63) is 48.0 Å². The molecule has 0 atom stereocenters. The lowest BCUT2D eigenvalue weighted by atomic mass is 10.0. The van der Waals surface area contributed by atoms with E-state index in [1.807, 2.05) is 42.5 Å². The molecule has 0 saturated carbocycles. The van der Waals surface area contributed by atoms with Gasteiger partial charge in [-0.1, -0.05) is 42.5 Å². The highest BCUT2D eigenvalue weighted by Gasteiger charge is 2.09. The second kappa shape index (κ2) is 4.85. The summed E-state index contributed by atoms with van der Waals surface area (Å²) in [6, 6.07) is 13.9. The summed E-state index contributed by atoms with van der Waals surface area (Å²) < 4.78 is 27.0. The van der Waals surface area contributed by atoms with Gasteiger partial charge in [0.15, 0.2) is 0 Å². The van der Waals surface area contributed by atoms with Gasteiger partial charge in [-0.25, -0.2) is 0 Å². The Morgan fingerprint density at radius 1 is 1.06 bits per heavy atom. The molecule has 0 aliphatic rings. The van der Waals surface area contributed by atoms with Crippen LogP contribution in [0.15, 0.2) is 42.5 Å². The van der Waals surface area contributed by atoms with Gasteiger partial charge in [-0.15, -0.1) is 0 Å². The summed E-state index contributed by atoms with van der Waals surface area (Å²) in [7, 11) is -2.19. The van der Waals surface area contributed by atoms with Crippen LogP contribution >= 0.6 is 0 Å². The van der Waals surface area contributed by atoms with Crippen LogP contribution in [0.1, 0.15) is 5.56 Å². The van der Waals surface area contributed by atoms with Crippen LogP contribution in [0.25, 0.3) is 10.8 Å². The molecule has 2 aromatic carbocycles. The fourth-order valence-electron chi connectivity index (χ4n) is 1.83. The smallest absolute Gasteiger partial charge is 0.267 e. The van der Waals surface area contributed by atoms with Crippen molar-refractivity contribution in [2.45, 2.75) is 6.42 Å². The van der Waals surface area contributed by atoms with Crippen LogP contribution in [0.3, 0.4) is 0 Å². The molecule has 90 valence electrons. The Kier molecular flexibility index (Phi) is 3.45. The normalized spacial score (nSPS) is 11.8. The van der Waals surface area contributed by atoms with Gasteiger partial charge >= 0.3 is 0 Å². The first-order valence-electron chi connectivity index (χ1n) is 5.37. The van der Waals surface area contributed by atoms with E-state index in [9.17, 15) is 8.42 Å². The van der Waals surface area contributed by atoms with Gasteiger partial charge in [0.1, 0.15) is 0 Å². The van der Waals surface area contributed by atoms with E-state index in [-0.39, 0.29) is 5.75 Å². The molecule has 0 saturated heterocycles. The van der Waals surface area contributed by atoms with Crippen molar-refractivity contribution in [2.24, 2.45) is 0 Å². The molecule has 17 heavy (non-hydrogen) atoms. The van der Waals surface area contributed by atoms with Crippen LogP contribution in [0, 0.1) is 0 Å². The summed E-state index contributed by atoms with van der Waals surface area (Å²) in [4.78, 5) is 0. The Labute approximate surface area is 101 Å². The number of hydrogen-bond donors (Lipinski definition) is 0. The first kappa shape index (κ1) is 12.1. The Hall–Kier alpha value is -1.39. The maximum Gasteiger partial charge on any atom is 0.267 e. The predicted molar refractivity (Wildman–Crippen MR) is 68.4 cm³/mol. The number of rotatable bonds is 4. The average Bonchev–Trinajstić information content (AvgIpc) is 2.36. The Balaban J connectivity index is 2.31. The zero-order valence-electron chi connectivity index (χ0n) is 9.59. The van der Waals surface area contributed by atoms with Crippen molar-refractivity contribution in [3.63, 3.8) is 0 Å². The highest BCUT2D eigenvalue weighted by molar-refractivity contribution is 7.86. The Morgan fingerprint density at radius 3 is 2.53 bits per heavy atom. The third kappa shape index (κ3) is 2.84. The minimum absolute atomic E-state index is 0.0114. The molecule has 4 heteroatoms. The number of benzene rings is 2. The molecule has 2 aromatic rings. The van der Waals surface area contributed by atoms with E-state index in [1.165, 1.54) is 7.11 Å². The second-order valence-electron chi connectivity index (χ2n) is 3.82. The SMILES string of the molecule is COS(=O)(=O)CCc1cccc2ccccc12. The van der Waals surface area contributed by atoms with Gasteiger partial charge in [-0.05, 0) is 22.8 Å². The van der Waals surface area contributed by atoms with E-state index in [0.29, 0.717) is 6.42 Å². The van der Waals surface area contributed by atoms with Crippen molar-refractivity contribution < 1.29 is 12.6 Å². The zero-order chi connectivity index (χ0) is 12.3. The maximum absolute atomic E-state index is 11.3. The highest BCUT2D eigenvalue weighted by atomic mass is 32.2. The third-order valence-corrected chi connectivity index (χ3v) is 3.97. The van der Waals surface area contributed by atoms with Crippen LogP contribution in [0.2, 0.25) is 0 Å². The van der Waals surface area contributed by atoms with E-state index in [4.69, 9.17) is 0 Å². The van der Waals surface area contributed by atoms with Crippen molar-refractivity contribution in [1.82, 2.24) is 0 Å². The van der Waals surface area contributed by atoms with Crippen molar-refractivity contribution in [1.29, 1.82) is 0 Å². The number of fused-ring (bicyclic) bond motifs is 1. The monoisotopic (exact) mass is 250 g/mol. The minimum atomic E-state index is -3.39. The molecule has 0 N–H and O–H groups in total. The van der Waals surface area contributed by atoms with Gasteiger partial charge in [0.25, 0.3) is 10.1 Å². The van der Waals surface area contributed by atoms with E-state index in [0.717, 1.165) is 16.3 Å². The zero-order valence-corrected chi connectivity index (χ0v) is 10.4. The first-order valence-corrected chi connectivity index (χ1v) is 6.95. The van der Waals surface area contributed by atoms with Crippen molar-refractivity contribution in [3.8, 4) is 0 Å². The molecule has 0 amide bonds. The lowest BCUT2D eigenvalue weighted by molar-refractivity contribution is 0.397. The first-order chi connectivity index (χ1) is 8.12. The van der Waals surface area contributed by atoms with Crippen LogP contribution in [0.4, 0.5) is 0 Å². The van der Waals surface area contributed by atoms with Crippen LogP contribution in [0.5, 0.6) is 0 Å². The maximum atomic E-state index is 11.3. The fraction of sp³-hybridized carbons (Fsp3) is 0.231. The molecule has 3 nitrogen and oxygen atoms in total. The molecule has 0 unspecified atom stereocenters. The quantitative estimate of drug-likeness (QED) is 0.782. The molecule has 0 fully saturated rings. The molecule has 0 aliphatic heterocycles. The lowest BCUT2D eigenvalue weighted by Gasteiger charge is -2.06. The molecule has 0 radical (unpaired) electrons. The van der Waals surface area contributed by atoms with Crippen LogP contribution < -0.4 is 0 Å². The largest absolute Gasteiger partial charge is 0.273 e. The summed E-state index contributed by atoms with van der Waals surface area (Å²) in [6.45, 7) is 0. The minimum Gasteiger partial charge on any atom is -0.273 e. The molecule has 2 rings (SSSR count). The molecule has 0 heterocycles. The summed E-state index contributed by atoms with van der Waals surface area (Å²) >= 11 is 0. The number of aryl methyl sites for hydroxylation is 1. The van der Waals surface area contributed by atoms with Gasteiger partial charge in [0, 0.05) is 0 Å². The molecule has 0 bridgehead atoms. The van der Waals surface area contributed by atoms with Crippen molar-refractivity contribution in [2.75, 3.05) is 12.9 Å². The number of hydrogen-bond acceptors (Lipinski definition) is 3. The van der Waals surface area contributed by atoms with Gasteiger partial charge in [-0.2, -0.15) is 8.42 Å². The summed E-state index contributed by atoms with van der Waals surface area (Å²) in [5.41, 5.74) is 1.03. The Morgan fingerprint density at radius 2 is 1.76 bits per heavy atom. The molecule has 0 spiro atoms. The third-order valence-electron chi connectivity index (χ3n) is 2.76. The predicted octanol–water partition coefficient (Wildman–Crippen LogP) is 2.36. The molecular weight excluding hydrogens is 236 g/mol. The van der Waals surface area contributed by atoms with E-state index >= 15 is 0 Å². The second-order valence-corrected chi connectivity index (χ2v) is 5.67. The standard InChI is InChI=1S/C13H14O3S/c1-16-17(14,15)10-9-12-7-4-6-11-5-2-3-8-13(11)12/h2-8H,9-10H2,1H3. The summed E-state index contributed by atoms with van der Waals surface area (Å²) in [5.74, 6) is 0.0114. The van der Waals surface area contributed by atoms with Gasteiger partial charge in [-0.3, -0.25) is 4.18 Å². The molecule has 0 aromatic heterocycles. The summed E-state index contributed by atoms with van der Waals surface area (Å²) in [6.07, 6.45) is 0.470. The highest BCUT2D eigenvalue weighted by Crippen LogP contribution is 2.19. The van der Waals surface area contributed by atoms with Gasteiger partial charge in [0.2, 0.25) is 0 Å². The fourth-order valence-corrected chi connectivity index (χ4v) is 2.47.